The van der Waals surface area contributed by atoms with Crippen molar-refractivity contribution in [2.45, 2.75) is 64.8 Å². The van der Waals surface area contributed by atoms with E-state index in [9.17, 15) is 10.2 Å². The highest BCUT2D eigenvalue weighted by atomic mass is 16.3. The monoisotopic (exact) mass is 232 g/mol. The molecule has 98 valence electrons. The molecule has 4 atom stereocenters. The lowest BCUT2D eigenvalue weighted by molar-refractivity contribution is 0.0692. The molecule has 0 heterocycles. The van der Waals surface area contributed by atoms with E-state index in [4.69, 9.17) is 11.5 Å². The molecule has 0 unspecified atom stereocenters. The van der Waals surface area contributed by atoms with Crippen LogP contribution in [0.25, 0.3) is 0 Å². The van der Waals surface area contributed by atoms with Gasteiger partial charge in [-0.2, -0.15) is 0 Å². The molecular formula is C12H28N2O2. The second-order valence-corrected chi connectivity index (χ2v) is 5.35. The van der Waals surface area contributed by atoms with Crippen LogP contribution in [0.3, 0.4) is 0 Å². The second kappa shape index (κ2) is 7.22. The van der Waals surface area contributed by atoms with Gasteiger partial charge < -0.3 is 21.7 Å². The standard InChI is InChI=1S/C12H28N2O2/c1-7(2)11(13)9(15)5-6-10(16)12(14)8(3)4/h7-12,15-16H,5-6,13-14H2,1-4H3/t9-,10+,11+,12-. The smallest absolute Gasteiger partial charge is 0.0694 e. The lowest BCUT2D eigenvalue weighted by atomic mass is 9.91. The SMILES string of the molecule is CC(C)[C@@H](N)[C@@H](O)CC[C@@H](O)[C@@H](N)C(C)C. The highest BCUT2D eigenvalue weighted by Gasteiger charge is 2.22. The molecule has 0 aliphatic carbocycles. The molecule has 0 bridgehead atoms. The van der Waals surface area contributed by atoms with E-state index in [-0.39, 0.29) is 23.9 Å². The van der Waals surface area contributed by atoms with Crippen LogP contribution in [0.15, 0.2) is 0 Å². The van der Waals surface area contributed by atoms with Crippen LogP contribution in [0.1, 0.15) is 40.5 Å². The Kier molecular flexibility index (Phi) is 7.15. The van der Waals surface area contributed by atoms with Crippen LogP contribution < -0.4 is 11.5 Å². The topological polar surface area (TPSA) is 92.5 Å². The van der Waals surface area contributed by atoms with E-state index in [2.05, 4.69) is 0 Å². The van der Waals surface area contributed by atoms with E-state index in [1.165, 1.54) is 0 Å². The Balaban J connectivity index is 3.96. The van der Waals surface area contributed by atoms with Crippen LogP contribution in [0.2, 0.25) is 0 Å². The van der Waals surface area contributed by atoms with Crippen LogP contribution >= 0.6 is 0 Å². The number of aliphatic hydroxyl groups is 2. The van der Waals surface area contributed by atoms with Gasteiger partial charge in [0.05, 0.1) is 12.2 Å². The summed E-state index contributed by atoms with van der Waals surface area (Å²) < 4.78 is 0. The molecule has 6 N–H and O–H groups in total. The normalized spacial score (nSPS) is 19.9. The molecule has 0 aromatic rings. The first-order chi connectivity index (χ1) is 7.27. The average molecular weight is 232 g/mol. The molecule has 0 spiro atoms. The summed E-state index contributed by atoms with van der Waals surface area (Å²) in [6.45, 7) is 7.91. The summed E-state index contributed by atoms with van der Waals surface area (Å²) in [6.07, 6.45) is -0.120. The number of hydrogen-bond acceptors (Lipinski definition) is 4. The highest BCUT2D eigenvalue weighted by Crippen LogP contribution is 2.14. The van der Waals surface area contributed by atoms with Crippen LogP contribution in [0.5, 0.6) is 0 Å². The van der Waals surface area contributed by atoms with Gasteiger partial charge in [0.1, 0.15) is 0 Å². The van der Waals surface area contributed by atoms with E-state index >= 15 is 0 Å². The van der Waals surface area contributed by atoms with Crippen molar-refractivity contribution in [3.8, 4) is 0 Å². The summed E-state index contributed by atoms with van der Waals surface area (Å²) in [5.74, 6) is 0.483. The molecule has 0 radical (unpaired) electrons. The molecule has 0 aromatic carbocycles. The van der Waals surface area contributed by atoms with E-state index in [0.717, 1.165) is 0 Å². The summed E-state index contributed by atoms with van der Waals surface area (Å²) in [4.78, 5) is 0. The van der Waals surface area contributed by atoms with Crippen molar-refractivity contribution in [1.29, 1.82) is 0 Å². The number of hydrogen-bond donors (Lipinski definition) is 4. The van der Waals surface area contributed by atoms with Gasteiger partial charge in [-0.05, 0) is 24.7 Å². The van der Waals surface area contributed by atoms with Crippen molar-refractivity contribution in [1.82, 2.24) is 0 Å². The zero-order valence-electron chi connectivity index (χ0n) is 10.9. The Morgan fingerprint density at radius 1 is 0.750 bits per heavy atom. The fraction of sp³-hybridized carbons (Fsp3) is 1.00. The Hall–Kier alpha value is -0.160. The predicted octanol–water partition coefficient (Wildman–Crippen LogP) is 0.455. The lowest BCUT2D eigenvalue weighted by Gasteiger charge is -2.26. The van der Waals surface area contributed by atoms with E-state index in [1.54, 1.807) is 0 Å². The van der Waals surface area contributed by atoms with Gasteiger partial charge in [-0.15, -0.1) is 0 Å². The minimum Gasteiger partial charge on any atom is -0.392 e. The Labute approximate surface area is 99.0 Å². The van der Waals surface area contributed by atoms with Crippen molar-refractivity contribution < 1.29 is 10.2 Å². The van der Waals surface area contributed by atoms with Crippen molar-refractivity contribution in [2.75, 3.05) is 0 Å². The number of nitrogens with two attached hydrogens (primary N) is 2. The third-order valence-corrected chi connectivity index (χ3v) is 3.19. The quantitative estimate of drug-likeness (QED) is 0.513. The van der Waals surface area contributed by atoms with E-state index in [1.807, 2.05) is 27.7 Å². The first-order valence-corrected chi connectivity index (χ1v) is 6.14. The fourth-order valence-electron chi connectivity index (χ4n) is 1.62. The van der Waals surface area contributed by atoms with Crippen molar-refractivity contribution >= 4 is 0 Å². The molecule has 16 heavy (non-hydrogen) atoms. The molecular weight excluding hydrogens is 204 g/mol. The van der Waals surface area contributed by atoms with Gasteiger partial charge in [0, 0.05) is 12.1 Å². The van der Waals surface area contributed by atoms with Crippen LogP contribution in [-0.2, 0) is 0 Å². The fourth-order valence-corrected chi connectivity index (χ4v) is 1.62. The highest BCUT2D eigenvalue weighted by molar-refractivity contribution is 4.79. The molecule has 0 amide bonds. The minimum atomic E-state index is -0.561. The van der Waals surface area contributed by atoms with E-state index < -0.39 is 12.2 Å². The largest absolute Gasteiger partial charge is 0.392 e. The lowest BCUT2D eigenvalue weighted by Crippen LogP contribution is -2.42. The number of rotatable bonds is 7. The molecule has 0 aliphatic rings. The maximum Gasteiger partial charge on any atom is 0.0694 e. The zero-order valence-corrected chi connectivity index (χ0v) is 10.9. The van der Waals surface area contributed by atoms with Gasteiger partial charge in [-0.3, -0.25) is 0 Å². The number of aliphatic hydroxyl groups excluding tert-OH is 2. The molecule has 4 nitrogen and oxygen atoms in total. The third kappa shape index (κ3) is 5.25. The maximum absolute atomic E-state index is 9.78. The Morgan fingerprint density at radius 3 is 1.19 bits per heavy atom. The molecule has 4 heteroatoms. The summed E-state index contributed by atoms with van der Waals surface area (Å²) in [5, 5.41) is 19.6. The average Bonchev–Trinajstić information content (AvgIpc) is 2.22. The second-order valence-electron chi connectivity index (χ2n) is 5.35. The molecule has 0 saturated heterocycles. The van der Waals surface area contributed by atoms with Gasteiger partial charge in [-0.25, -0.2) is 0 Å². The van der Waals surface area contributed by atoms with Crippen molar-refractivity contribution in [3.05, 3.63) is 0 Å². The molecule has 0 aromatic heterocycles. The minimum absolute atomic E-state index is 0.234. The first kappa shape index (κ1) is 15.8. The van der Waals surface area contributed by atoms with Gasteiger partial charge in [0.25, 0.3) is 0 Å². The maximum atomic E-state index is 9.78. The van der Waals surface area contributed by atoms with Crippen LogP contribution in [0.4, 0.5) is 0 Å². The van der Waals surface area contributed by atoms with Crippen molar-refractivity contribution in [3.63, 3.8) is 0 Å². The van der Waals surface area contributed by atoms with Gasteiger partial charge in [-0.1, -0.05) is 27.7 Å². The summed E-state index contributed by atoms with van der Waals surface area (Å²) in [5.41, 5.74) is 11.6. The van der Waals surface area contributed by atoms with Gasteiger partial charge in [0.2, 0.25) is 0 Å². The summed E-state index contributed by atoms with van der Waals surface area (Å²) >= 11 is 0. The third-order valence-electron chi connectivity index (χ3n) is 3.19. The van der Waals surface area contributed by atoms with Crippen molar-refractivity contribution in [2.24, 2.45) is 23.3 Å². The molecule has 0 fully saturated rings. The predicted molar refractivity (Wildman–Crippen MR) is 66.9 cm³/mol. The molecule has 0 rings (SSSR count). The Bertz CT molecular complexity index is 166. The van der Waals surface area contributed by atoms with Crippen LogP contribution in [0, 0.1) is 11.8 Å². The van der Waals surface area contributed by atoms with Gasteiger partial charge >= 0.3 is 0 Å². The molecule has 0 saturated carbocycles. The van der Waals surface area contributed by atoms with Gasteiger partial charge in [0.15, 0.2) is 0 Å². The zero-order chi connectivity index (χ0) is 12.9. The Morgan fingerprint density at radius 2 is 1.00 bits per heavy atom. The van der Waals surface area contributed by atoms with E-state index in [0.29, 0.717) is 12.8 Å². The summed E-state index contributed by atoms with van der Waals surface area (Å²) in [7, 11) is 0. The first-order valence-electron chi connectivity index (χ1n) is 6.14. The van der Waals surface area contributed by atoms with Crippen LogP contribution in [-0.4, -0.2) is 34.5 Å². The molecule has 0 aliphatic heterocycles. The summed E-state index contributed by atoms with van der Waals surface area (Å²) in [6, 6.07) is -0.468.